The number of nitrogens with zero attached hydrogens (tertiary/aromatic N) is 2. The Kier molecular flexibility index (Phi) is 5.08. The highest BCUT2D eigenvalue weighted by atomic mass is 16.5. The molecular formula is C14H20N4O3. The summed E-state index contributed by atoms with van der Waals surface area (Å²) < 4.78 is 5.16. The summed E-state index contributed by atoms with van der Waals surface area (Å²) in [5.41, 5.74) is 1.36. The molecular weight excluding hydrogens is 272 g/mol. The van der Waals surface area contributed by atoms with Gasteiger partial charge in [0.15, 0.2) is 0 Å². The molecule has 7 nitrogen and oxygen atoms in total. The number of amides is 2. The molecule has 2 heterocycles. The summed E-state index contributed by atoms with van der Waals surface area (Å²) in [4.78, 5) is 31.9. The fourth-order valence-electron chi connectivity index (χ4n) is 2.27. The average molecular weight is 292 g/mol. The summed E-state index contributed by atoms with van der Waals surface area (Å²) in [6.45, 7) is 2.64. The second-order valence-electron chi connectivity index (χ2n) is 5.06. The maximum atomic E-state index is 12.2. The monoisotopic (exact) mass is 292 g/mol. The van der Waals surface area contributed by atoms with E-state index in [0.717, 1.165) is 5.69 Å². The van der Waals surface area contributed by atoms with E-state index in [0.29, 0.717) is 37.4 Å². The van der Waals surface area contributed by atoms with Crippen LogP contribution >= 0.6 is 0 Å². The van der Waals surface area contributed by atoms with Gasteiger partial charge in [-0.25, -0.2) is 4.98 Å². The predicted molar refractivity (Wildman–Crippen MR) is 75.5 cm³/mol. The number of hydrogen-bond acceptors (Lipinski definition) is 5. The van der Waals surface area contributed by atoms with Crippen molar-refractivity contribution in [2.75, 3.05) is 13.7 Å². The molecule has 7 heteroatoms. The Hall–Kier alpha value is -2.18. The molecule has 1 saturated heterocycles. The van der Waals surface area contributed by atoms with Crippen LogP contribution < -0.4 is 15.4 Å². The maximum Gasteiger partial charge on any atom is 0.237 e. The molecule has 0 aliphatic carbocycles. The van der Waals surface area contributed by atoms with Gasteiger partial charge in [-0.1, -0.05) is 0 Å². The van der Waals surface area contributed by atoms with Crippen molar-refractivity contribution in [1.82, 2.24) is 20.6 Å². The lowest BCUT2D eigenvalue weighted by atomic mass is 10.00. The summed E-state index contributed by atoms with van der Waals surface area (Å²) in [7, 11) is 1.53. The van der Waals surface area contributed by atoms with Crippen molar-refractivity contribution >= 4 is 11.8 Å². The first-order chi connectivity index (χ1) is 10.1. The number of carbonyl (C=O) groups is 2. The Labute approximate surface area is 123 Å². The number of nitrogens with one attached hydrogen (secondary N) is 2. The van der Waals surface area contributed by atoms with Gasteiger partial charge in [-0.3, -0.25) is 14.6 Å². The Balaban J connectivity index is 1.93. The average Bonchev–Trinajstić information content (AvgIpc) is 2.70. The van der Waals surface area contributed by atoms with E-state index in [-0.39, 0.29) is 24.3 Å². The Morgan fingerprint density at radius 3 is 3.10 bits per heavy atom. The molecule has 1 unspecified atom stereocenters. The van der Waals surface area contributed by atoms with Crippen molar-refractivity contribution in [3.8, 4) is 5.88 Å². The highest BCUT2D eigenvalue weighted by Gasteiger charge is 2.22. The minimum absolute atomic E-state index is 0.0105. The highest BCUT2D eigenvalue weighted by Crippen LogP contribution is 2.16. The molecule has 0 radical (unpaired) electrons. The van der Waals surface area contributed by atoms with Crippen molar-refractivity contribution in [3.63, 3.8) is 0 Å². The van der Waals surface area contributed by atoms with Crippen LogP contribution in [-0.4, -0.2) is 35.4 Å². The van der Waals surface area contributed by atoms with E-state index in [1.165, 1.54) is 7.11 Å². The number of methoxy groups -OCH3 is 1. The van der Waals surface area contributed by atoms with Gasteiger partial charge in [-0.05, 0) is 19.8 Å². The largest absolute Gasteiger partial charge is 0.480 e. The van der Waals surface area contributed by atoms with Gasteiger partial charge in [0.25, 0.3) is 0 Å². The smallest absolute Gasteiger partial charge is 0.237 e. The van der Waals surface area contributed by atoms with E-state index in [4.69, 9.17) is 4.74 Å². The molecule has 21 heavy (non-hydrogen) atoms. The number of rotatable bonds is 4. The lowest BCUT2D eigenvalue weighted by Gasteiger charge is -2.14. The van der Waals surface area contributed by atoms with Gasteiger partial charge in [0, 0.05) is 25.1 Å². The fourth-order valence-corrected chi connectivity index (χ4v) is 2.27. The van der Waals surface area contributed by atoms with Crippen LogP contribution in [0.3, 0.4) is 0 Å². The molecule has 114 valence electrons. The van der Waals surface area contributed by atoms with Crippen LogP contribution in [0.4, 0.5) is 0 Å². The van der Waals surface area contributed by atoms with Crippen molar-refractivity contribution < 1.29 is 14.3 Å². The van der Waals surface area contributed by atoms with Crippen LogP contribution in [0, 0.1) is 12.8 Å². The lowest BCUT2D eigenvalue weighted by molar-refractivity contribution is -0.125. The zero-order valence-electron chi connectivity index (χ0n) is 12.3. The number of ether oxygens (including phenoxy) is 1. The van der Waals surface area contributed by atoms with E-state index in [9.17, 15) is 9.59 Å². The normalized spacial score (nSPS) is 18.6. The second kappa shape index (κ2) is 7.01. The zero-order chi connectivity index (χ0) is 15.2. The van der Waals surface area contributed by atoms with Gasteiger partial charge in [0.2, 0.25) is 17.7 Å². The molecule has 2 amide bonds. The van der Waals surface area contributed by atoms with E-state index in [2.05, 4.69) is 20.6 Å². The molecule has 1 aliphatic rings. The summed E-state index contributed by atoms with van der Waals surface area (Å²) in [5.74, 6) is 0.230. The molecule has 2 rings (SSSR count). The van der Waals surface area contributed by atoms with E-state index in [1.807, 2.05) is 6.92 Å². The van der Waals surface area contributed by atoms with Gasteiger partial charge in [0.05, 0.1) is 19.3 Å². The first kappa shape index (κ1) is 15.2. The standard InChI is InChI=1S/C14H20N4O3/c1-9-7-16-11(14(18-9)21-2)8-17-13(20)10-3-4-12(19)15-6-5-10/h7,10H,3-6,8H2,1-2H3,(H,15,19)(H,17,20). The summed E-state index contributed by atoms with van der Waals surface area (Å²) >= 11 is 0. The van der Waals surface area contributed by atoms with Gasteiger partial charge in [-0.2, -0.15) is 0 Å². The Bertz CT molecular complexity index is 533. The van der Waals surface area contributed by atoms with Gasteiger partial charge < -0.3 is 15.4 Å². The van der Waals surface area contributed by atoms with E-state index < -0.39 is 0 Å². The molecule has 0 saturated carbocycles. The van der Waals surface area contributed by atoms with Crippen LogP contribution in [0.25, 0.3) is 0 Å². The second-order valence-corrected chi connectivity index (χ2v) is 5.06. The minimum Gasteiger partial charge on any atom is -0.480 e. The lowest BCUT2D eigenvalue weighted by Crippen LogP contribution is -2.31. The van der Waals surface area contributed by atoms with Crippen molar-refractivity contribution in [2.45, 2.75) is 32.7 Å². The van der Waals surface area contributed by atoms with Crippen molar-refractivity contribution in [2.24, 2.45) is 5.92 Å². The highest BCUT2D eigenvalue weighted by molar-refractivity contribution is 5.81. The number of aromatic nitrogens is 2. The van der Waals surface area contributed by atoms with Gasteiger partial charge in [-0.15, -0.1) is 0 Å². The molecule has 0 aromatic carbocycles. The number of hydrogen-bond donors (Lipinski definition) is 2. The third-order valence-corrected chi connectivity index (χ3v) is 3.46. The SMILES string of the molecule is COc1nc(C)cnc1CNC(=O)C1CCNC(=O)CC1. The third kappa shape index (κ3) is 4.14. The summed E-state index contributed by atoms with van der Waals surface area (Å²) in [5, 5.41) is 5.61. The minimum atomic E-state index is -0.145. The Morgan fingerprint density at radius 1 is 1.52 bits per heavy atom. The van der Waals surface area contributed by atoms with Crippen LogP contribution in [0.1, 0.15) is 30.7 Å². The first-order valence-electron chi connectivity index (χ1n) is 7.01. The van der Waals surface area contributed by atoms with Crippen molar-refractivity contribution in [1.29, 1.82) is 0 Å². The topological polar surface area (TPSA) is 93.2 Å². The van der Waals surface area contributed by atoms with Crippen LogP contribution in [-0.2, 0) is 16.1 Å². The molecule has 0 bridgehead atoms. The third-order valence-electron chi connectivity index (χ3n) is 3.46. The zero-order valence-corrected chi connectivity index (χ0v) is 12.3. The van der Waals surface area contributed by atoms with Crippen LogP contribution in [0.5, 0.6) is 5.88 Å². The molecule has 1 fully saturated rings. The van der Waals surface area contributed by atoms with Crippen molar-refractivity contribution in [3.05, 3.63) is 17.6 Å². The summed E-state index contributed by atoms with van der Waals surface area (Å²) in [6.07, 6.45) is 3.27. The molecule has 0 spiro atoms. The summed E-state index contributed by atoms with van der Waals surface area (Å²) in [6, 6.07) is 0. The first-order valence-corrected chi connectivity index (χ1v) is 7.01. The maximum absolute atomic E-state index is 12.2. The molecule has 1 aromatic heterocycles. The van der Waals surface area contributed by atoms with E-state index in [1.54, 1.807) is 6.20 Å². The quantitative estimate of drug-likeness (QED) is 0.834. The van der Waals surface area contributed by atoms with Gasteiger partial charge in [0.1, 0.15) is 5.69 Å². The fraction of sp³-hybridized carbons (Fsp3) is 0.571. The Morgan fingerprint density at radius 2 is 2.33 bits per heavy atom. The van der Waals surface area contributed by atoms with E-state index >= 15 is 0 Å². The number of carbonyl (C=O) groups excluding carboxylic acids is 2. The molecule has 1 aliphatic heterocycles. The number of aryl methyl sites for hydroxylation is 1. The molecule has 1 aromatic rings. The molecule has 1 atom stereocenters. The predicted octanol–water partition coefficient (Wildman–Crippen LogP) is 0.326. The van der Waals surface area contributed by atoms with Crippen LogP contribution in [0.2, 0.25) is 0 Å². The van der Waals surface area contributed by atoms with Gasteiger partial charge >= 0.3 is 0 Å². The molecule has 2 N–H and O–H groups in total. The van der Waals surface area contributed by atoms with Crippen LogP contribution in [0.15, 0.2) is 6.20 Å².